The van der Waals surface area contributed by atoms with Gasteiger partial charge in [-0.2, -0.15) is 0 Å². The molecule has 0 unspecified atom stereocenters. The van der Waals surface area contributed by atoms with E-state index in [4.69, 9.17) is 0 Å². The van der Waals surface area contributed by atoms with E-state index in [0.29, 0.717) is 0 Å². The summed E-state index contributed by atoms with van der Waals surface area (Å²) < 4.78 is 0. The molecule has 1 aliphatic heterocycles. The monoisotopic (exact) mass is 255 g/mol. The first kappa shape index (κ1) is 12.8. The van der Waals surface area contributed by atoms with E-state index >= 15 is 0 Å². The molecule has 0 saturated carbocycles. The van der Waals surface area contributed by atoms with E-state index in [-0.39, 0.29) is 0 Å². The Balaban J connectivity index is 2.02. The van der Waals surface area contributed by atoms with Gasteiger partial charge in [-0.3, -0.25) is 0 Å². The van der Waals surface area contributed by atoms with Gasteiger partial charge in [-0.25, -0.2) is 4.98 Å². The quantitative estimate of drug-likeness (QED) is 0.889. The molecule has 96 valence electrons. The molecule has 0 amide bonds. The van der Waals surface area contributed by atoms with Gasteiger partial charge in [0.1, 0.15) is 0 Å². The summed E-state index contributed by atoms with van der Waals surface area (Å²) in [5.41, 5.74) is -0.777. The molecule has 0 atom stereocenters. The number of aliphatic hydroxyl groups is 1. The molecule has 1 N–H and O–H groups in total. The molecule has 0 aromatic carbocycles. The second-order valence-electron chi connectivity index (χ2n) is 4.99. The highest BCUT2D eigenvalue weighted by Crippen LogP contribution is 2.30. The molecule has 1 saturated heterocycles. The van der Waals surface area contributed by atoms with Gasteiger partial charge in [-0.15, -0.1) is 0 Å². The summed E-state index contributed by atoms with van der Waals surface area (Å²) in [4.78, 5) is 10.1. The SMILES string of the molecule is CCN1CCN(c2ncc(C(C)(C)O)s2)CC1. The number of rotatable bonds is 3. The molecule has 1 aromatic heterocycles. The number of likely N-dealkylation sites (N-methyl/N-ethyl adjacent to an activating group) is 1. The lowest BCUT2D eigenvalue weighted by atomic mass is 10.1. The van der Waals surface area contributed by atoms with Crippen LogP contribution in [0.1, 0.15) is 25.6 Å². The summed E-state index contributed by atoms with van der Waals surface area (Å²) in [6, 6.07) is 0. The van der Waals surface area contributed by atoms with E-state index in [0.717, 1.165) is 42.7 Å². The smallest absolute Gasteiger partial charge is 0.185 e. The van der Waals surface area contributed by atoms with Crippen molar-refractivity contribution in [3.8, 4) is 0 Å². The van der Waals surface area contributed by atoms with Crippen LogP contribution in [-0.2, 0) is 5.60 Å². The van der Waals surface area contributed by atoms with E-state index < -0.39 is 5.60 Å². The average molecular weight is 255 g/mol. The highest BCUT2D eigenvalue weighted by atomic mass is 32.1. The lowest BCUT2D eigenvalue weighted by Gasteiger charge is -2.33. The zero-order chi connectivity index (χ0) is 12.5. The predicted molar refractivity (Wildman–Crippen MR) is 71.7 cm³/mol. The number of hydrogen-bond donors (Lipinski definition) is 1. The maximum Gasteiger partial charge on any atom is 0.185 e. The normalized spacial score (nSPS) is 18.7. The first-order valence-electron chi connectivity index (χ1n) is 6.16. The Labute approximate surface area is 107 Å². The summed E-state index contributed by atoms with van der Waals surface area (Å²) in [6.45, 7) is 11.2. The highest BCUT2D eigenvalue weighted by Gasteiger charge is 2.23. The number of anilines is 1. The largest absolute Gasteiger partial charge is 0.385 e. The van der Waals surface area contributed by atoms with Crippen LogP contribution in [0.15, 0.2) is 6.20 Å². The predicted octanol–water partition coefficient (Wildman–Crippen LogP) is 1.51. The van der Waals surface area contributed by atoms with Gasteiger partial charge in [0.05, 0.1) is 10.5 Å². The molecule has 0 spiro atoms. The molecule has 1 fully saturated rings. The van der Waals surface area contributed by atoms with E-state index in [1.54, 1.807) is 31.4 Å². The lowest BCUT2D eigenvalue weighted by Crippen LogP contribution is -2.46. The van der Waals surface area contributed by atoms with Crippen LogP contribution in [0.3, 0.4) is 0 Å². The molecule has 5 heteroatoms. The third kappa shape index (κ3) is 2.97. The summed E-state index contributed by atoms with van der Waals surface area (Å²) in [5.74, 6) is 0. The van der Waals surface area contributed by atoms with Gasteiger partial charge in [-0.1, -0.05) is 18.3 Å². The van der Waals surface area contributed by atoms with Crippen molar-refractivity contribution in [2.45, 2.75) is 26.4 Å². The minimum absolute atomic E-state index is 0.777. The molecule has 1 aromatic rings. The Bertz CT molecular complexity index is 364. The Morgan fingerprint density at radius 3 is 2.47 bits per heavy atom. The van der Waals surface area contributed by atoms with Crippen LogP contribution in [0.25, 0.3) is 0 Å². The third-order valence-electron chi connectivity index (χ3n) is 3.19. The zero-order valence-corrected chi connectivity index (χ0v) is 11.6. The second-order valence-corrected chi connectivity index (χ2v) is 6.00. The van der Waals surface area contributed by atoms with Crippen LogP contribution >= 0.6 is 11.3 Å². The average Bonchev–Trinajstić information content (AvgIpc) is 2.78. The summed E-state index contributed by atoms with van der Waals surface area (Å²) >= 11 is 1.60. The van der Waals surface area contributed by atoms with E-state index in [1.807, 2.05) is 0 Å². The van der Waals surface area contributed by atoms with Gasteiger partial charge in [-0.05, 0) is 20.4 Å². The Hall–Kier alpha value is -0.650. The van der Waals surface area contributed by atoms with E-state index in [2.05, 4.69) is 21.7 Å². The van der Waals surface area contributed by atoms with Crippen LogP contribution in [0, 0.1) is 0 Å². The first-order valence-corrected chi connectivity index (χ1v) is 6.98. The number of aromatic nitrogens is 1. The molecule has 2 rings (SSSR count). The summed E-state index contributed by atoms with van der Waals surface area (Å²) in [6.07, 6.45) is 1.80. The molecule has 0 radical (unpaired) electrons. The summed E-state index contributed by atoms with van der Waals surface area (Å²) in [7, 11) is 0. The fourth-order valence-corrected chi connectivity index (χ4v) is 2.92. The fourth-order valence-electron chi connectivity index (χ4n) is 1.95. The van der Waals surface area contributed by atoms with Crippen LogP contribution < -0.4 is 4.90 Å². The maximum atomic E-state index is 9.92. The fraction of sp³-hybridized carbons (Fsp3) is 0.750. The van der Waals surface area contributed by atoms with Gasteiger partial charge in [0.25, 0.3) is 0 Å². The summed E-state index contributed by atoms with van der Waals surface area (Å²) in [5, 5.41) is 11.0. The van der Waals surface area contributed by atoms with Gasteiger partial charge in [0, 0.05) is 32.4 Å². The molecule has 17 heavy (non-hydrogen) atoms. The van der Waals surface area contributed by atoms with Crippen LogP contribution in [0.5, 0.6) is 0 Å². The highest BCUT2D eigenvalue weighted by molar-refractivity contribution is 7.15. The van der Waals surface area contributed by atoms with E-state index in [9.17, 15) is 5.11 Å². The number of nitrogens with zero attached hydrogens (tertiary/aromatic N) is 3. The van der Waals surface area contributed by atoms with Crippen molar-refractivity contribution >= 4 is 16.5 Å². The third-order valence-corrected chi connectivity index (χ3v) is 4.56. The van der Waals surface area contributed by atoms with Crippen LogP contribution in [0.2, 0.25) is 0 Å². The topological polar surface area (TPSA) is 39.6 Å². The van der Waals surface area contributed by atoms with Crippen molar-refractivity contribution in [3.05, 3.63) is 11.1 Å². The van der Waals surface area contributed by atoms with Gasteiger partial charge in [0.15, 0.2) is 5.13 Å². The van der Waals surface area contributed by atoms with Crippen molar-refractivity contribution in [1.82, 2.24) is 9.88 Å². The lowest BCUT2D eigenvalue weighted by molar-refractivity contribution is 0.0823. The molecule has 0 bridgehead atoms. The molecule has 4 nitrogen and oxygen atoms in total. The second kappa shape index (κ2) is 4.92. The Kier molecular flexibility index (Phi) is 3.70. The van der Waals surface area contributed by atoms with Gasteiger partial charge in [0.2, 0.25) is 0 Å². The maximum absolute atomic E-state index is 9.92. The minimum Gasteiger partial charge on any atom is -0.385 e. The van der Waals surface area contributed by atoms with Crippen molar-refractivity contribution in [2.24, 2.45) is 0 Å². The van der Waals surface area contributed by atoms with Crippen molar-refractivity contribution in [2.75, 3.05) is 37.6 Å². The van der Waals surface area contributed by atoms with Crippen molar-refractivity contribution in [3.63, 3.8) is 0 Å². The number of piperazine rings is 1. The van der Waals surface area contributed by atoms with Crippen LogP contribution in [-0.4, -0.2) is 47.7 Å². The molecular weight excluding hydrogens is 234 g/mol. The number of hydrogen-bond acceptors (Lipinski definition) is 5. The molecule has 1 aliphatic rings. The number of thiazole rings is 1. The molecular formula is C12H21N3OS. The van der Waals surface area contributed by atoms with Gasteiger partial charge < -0.3 is 14.9 Å². The Morgan fingerprint density at radius 2 is 2.00 bits per heavy atom. The standard InChI is InChI=1S/C12H21N3OS/c1-4-14-5-7-15(8-6-14)11-13-9-10(17-11)12(2,3)16/h9,16H,4-8H2,1-3H3. The van der Waals surface area contributed by atoms with Crippen LogP contribution in [0.4, 0.5) is 5.13 Å². The zero-order valence-electron chi connectivity index (χ0n) is 10.8. The molecule has 2 heterocycles. The van der Waals surface area contributed by atoms with Crippen molar-refractivity contribution < 1.29 is 5.11 Å². The van der Waals surface area contributed by atoms with E-state index in [1.165, 1.54) is 0 Å². The van der Waals surface area contributed by atoms with Crippen molar-refractivity contribution in [1.29, 1.82) is 0 Å². The molecule has 0 aliphatic carbocycles. The minimum atomic E-state index is -0.777. The Morgan fingerprint density at radius 1 is 1.35 bits per heavy atom. The first-order chi connectivity index (χ1) is 8.00. The van der Waals surface area contributed by atoms with Gasteiger partial charge >= 0.3 is 0 Å².